The van der Waals surface area contributed by atoms with Crippen molar-refractivity contribution < 1.29 is 4.79 Å². The van der Waals surface area contributed by atoms with Gasteiger partial charge in [0.1, 0.15) is 23.0 Å². The van der Waals surface area contributed by atoms with E-state index in [0.717, 1.165) is 38.7 Å². The summed E-state index contributed by atoms with van der Waals surface area (Å²) in [5.41, 5.74) is 16.0. The fraction of sp³-hybridized carbons (Fsp3) is 0. The highest BCUT2D eigenvalue weighted by Crippen LogP contribution is 2.27. The summed E-state index contributed by atoms with van der Waals surface area (Å²) < 4.78 is 1.92. The molecule has 0 saturated carbocycles. The summed E-state index contributed by atoms with van der Waals surface area (Å²) in [6.45, 7) is 0. The summed E-state index contributed by atoms with van der Waals surface area (Å²) in [5, 5.41) is 15.0. The predicted molar refractivity (Wildman–Crippen MR) is 143 cm³/mol. The third kappa shape index (κ3) is 4.10. The van der Waals surface area contributed by atoms with Crippen LogP contribution in [0, 0.1) is 0 Å². The summed E-state index contributed by atoms with van der Waals surface area (Å²) in [6, 6.07) is 15.4. The van der Waals surface area contributed by atoms with Crippen molar-refractivity contribution in [3.63, 3.8) is 0 Å². The molecule has 0 aliphatic heterocycles. The Hall–Kier alpha value is -5.58. The van der Waals surface area contributed by atoms with Gasteiger partial charge in [-0.3, -0.25) is 14.3 Å². The van der Waals surface area contributed by atoms with Crippen molar-refractivity contribution in [3.8, 4) is 11.4 Å². The molecule has 4 heterocycles. The number of anilines is 2. The number of allylic oxidation sites excluding steroid dienone is 1. The number of rotatable bonds is 6. The van der Waals surface area contributed by atoms with Crippen molar-refractivity contribution in [1.82, 2.24) is 34.9 Å². The van der Waals surface area contributed by atoms with E-state index in [2.05, 4.69) is 30.8 Å². The van der Waals surface area contributed by atoms with E-state index < -0.39 is 0 Å². The molecule has 4 aromatic heterocycles. The largest absolute Gasteiger partial charge is 0.405 e. The van der Waals surface area contributed by atoms with Crippen LogP contribution in [0.4, 0.5) is 11.5 Å². The van der Waals surface area contributed by atoms with Crippen LogP contribution in [0.2, 0.25) is 0 Å². The van der Waals surface area contributed by atoms with Crippen LogP contribution >= 0.6 is 0 Å². The fourth-order valence-electron chi connectivity index (χ4n) is 4.19. The molecule has 0 radical (unpaired) electrons. The number of nitrogens with two attached hydrogens (primary N) is 2. The zero-order chi connectivity index (χ0) is 25.4. The molecule has 8 N–H and O–H groups in total. The zero-order valence-electron chi connectivity index (χ0n) is 19.4. The minimum Gasteiger partial charge on any atom is -0.405 e. The van der Waals surface area contributed by atoms with Crippen LogP contribution in [0.25, 0.3) is 38.8 Å². The Bertz CT molecular complexity index is 1840. The number of hydrogen-bond acceptors (Lipinski definition) is 7. The summed E-state index contributed by atoms with van der Waals surface area (Å²) in [5.74, 6) is 1.02. The van der Waals surface area contributed by atoms with Crippen LogP contribution < -0.4 is 22.1 Å². The molecular weight excluding hydrogens is 468 g/mol. The van der Waals surface area contributed by atoms with E-state index in [1.807, 2.05) is 53.1 Å². The van der Waals surface area contributed by atoms with Gasteiger partial charge in [0.2, 0.25) is 0 Å². The van der Waals surface area contributed by atoms with Crippen molar-refractivity contribution in [2.45, 2.75) is 0 Å². The molecule has 0 saturated heterocycles. The van der Waals surface area contributed by atoms with E-state index in [1.54, 1.807) is 18.5 Å². The number of nitrogens with one attached hydrogen (secondary N) is 4. The minimum absolute atomic E-state index is 0.330. The number of imidazole rings is 1. The van der Waals surface area contributed by atoms with Gasteiger partial charge in [-0.2, -0.15) is 5.10 Å². The number of amides is 1. The van der Waals surface area contributed by atoms with Crippen LogP contribution in [0.3, 0.4) is 0 Å². The van der Waals surface area contributed by atoms with Gasteiger partial charge in [-0.25, -0.2) is 9.97 Å². The lowest BCUT2D eigenvalue weighted by atomic mass is 10.1. The first-order chi connectivity index (χ1) is 18.1. The van der Waals surface area contributed by atoms with E-state index in [1.165, 1.54) is 18.5 Å². The van der Waals surface area contributed by atoms with Crippen molar-refractivity contribution in [2.75, 3.05) is 5.32 Å². The molecule has 182 valence electrons. The first-order valence-electron chi connectivity index (χ1n) is 11.4. The third-order valence-electron chi connectivity index (χ3n) is 5.94. The lowest BCUT2D eigenvalue weighted by Crippen LogP contribution is -2.23. The van der Waals surface area contributed by atoms with E-state index in [4.69, 9.17) is 16.5 Å². The molecule has 0 aliphatic rings. The van der Waals surface area contributed by atoms with Crippen LogP contribution in [0.5, 0.6) is 0 Å². The maximum atomic E-state index is 12.7. The lowest BCUT2D eigenvalue weighted by Gasteiger charge is -2.11. The molecule has 0 bridgehead atoms. The second-order valence-corrected chi connectivity index (χ2v) is 8.34. The Morgan fingerprint density at radius 3 is 2.81 bits per heavy atom. The van der Waals surface area contributed by atoms with Gasteiger partial charge in [-0.15, -0.1) is 0 Å². The predicted octanol–water partition coefficient (Wildman–Crippen LogP) is 3.50. The van der Waals surface area contributed by atoms with Gasteiger partial charge >= 0.3 is 0 Å². The molecule has 0 aliphatic carbocycles. The van der Waals surface area contributed by atoms with E-state index >= 15 is 0 Å². The fourth-order valence-corrected chi connectivity index (χ4v) is 4.19. The number of carbonyl (C=O) groups is 1. The van der Waals surface area contributed by atoms with Crippen molar-refractivity contribution in [2.24, 2.45) is 11.5 Å². The number of carbonyl (C=O) groups excluding carboxylic acids is 1. The maximum absolute atomic E-state index is 12.7. The quantitative estimate of drug-likeness (QED) is 0.194. The molecule has 11 heteroatoms. The number of hydrogen-bond donors (Lipinski definition) is 6. The molecule has 0 unspecified atom stereocenters. The van der Waals surface area contributed by atoms with Crippen molar-refractivity contribution >= 4 is 44.9 Å². The zero-order valence-corrected chi connectivity index (χ0v) is 19.4. The lowest BCUT2D eigenvalue weighted by molar-refractivity contribution is 0.0963. The number of fused-ring (bicyclic) bond motifs is 3. The molecule has 37 heavy (non-hydrogen) atoms. The Kier molecular flexibility index (Phi) is 5.27. The number of aromatic amines is 2. The number of nitrogens with zero attached hydrogens (tertiary/aromatic N) is 4. The summed E-state index contributed by atoms with van der Waals surface area (Å²) in [4.78, 5) is 25.2. The Morgan fingerprint density at radius 2 is 1.95 bits per heavy atom. The highest BCUT2D eigenvalue weighted by atomic mass is 16.1. The molecule has 0 atom stereocenters. The second kappa shape index (κ2) is 8.89. The van der Waals surface area contributed by atoms with Gasteiger partial charge in [-0.05, 0) is 42.6 Å². The van der Waals surface area contributed by atoms with E-state index in [-0.39, 0.29) is 5.91 Å². The molecule has 11 nitrogen and oxygen atoms in total. The normalized spacial score (nSPS) is 12.2. The summed E-state index contributed by atoms with van der Waals surface area (Å²) in [7, 11) is 0. The molecule has 0 fully saturated rings. The molecule has 0 spiro atoms. The second-order valence-electron chi connectivity index (χ2n) is 8.34. The maximum Gasteiger partial charge on any atom is 0.272 e. The number of H-pyrrole nitrogens is 2. The molecule has 6 aromatic rings. The van der Waals surface area contributed by atoms with Crippen LogP contribution in [-0.4, -0.2) is 35.5 Å². The number of benzene rings is 2. The topological polar surface area (TPSA) is 168 Å². The molecule has 2 aromatic carbocycles. The average molecular weight is 491 g/mol. The number of aromatic nitrogens is 6. The highest BCUT2D eigenvalue weighted by molar-refractivity contribution is 5.99. The average Bonchev–Trinajstić information content (AvgIpc) is 3.66. The SMILES string of the molecule is N/C=C\C(=C/N)NC(=O)c1cc2ccc(-c3nc(Nc4ccc5[nH]ncc5c4)cc4nccn34)cc2[nH]1. The molecule has 6 rings (SSSR count). The Morgan fingerprint density at radius 1 is 1.03 bits per heavy atom. The summed E-state index contributed by atoms with van der Waals surface area (Å²) in [6.07, 6.45) is 9.46. The summed E-state index contributed by atoms with van der Waals surface area (Å²) >= 11 is 0. The molecular formula is C26H22N10O. The Labute approximate surface area is 209 Å². The van der Waals surface area contributed by atoms with Gasteiger partial charge in [-0.1, -0.05) is 12.1 Å². The standard InChI is InChI=1S/C26H22N10O/c27-6-5-19(13-28)32-26(37)22-10-15-1-2-16(11-21(15)33-22)25-34-23(12-24-29-7-8-36(24)25)31-18-3-4-20-17(9-18)14-30-35-20/h1-14,31,33H,27-28H2,(H,30,35)(H,32,37)/b6-5-,19-13+. The minimum atomic E-state index is -0.330. The van der Waals surface area contributed by atoms with Crippen LogP contribution in [0.15, 0.2) is 91.3 Å². The van der Waals surface area contributed by atoms with Gasteiger partial charge < -0.3 is 27.1 Å². The molecule has 1 amide bonds. The first kappa shape index (κ1) is 21.9. The van der Waals surface area contributed by atoms with E-state index in [0.29, 0.717) is 23.0 Å². The highest BCUT2D eigenvalue weighted by Gasteiger charge is 2.14. The van der Waals surface area contributed by atoms with Gasteiger partial charge in [0.15, 0.2) is 0 Å². The third-order valence-corrected chi connectivity index (χ3v) is 5.94. The van der Waals surface area contributed by atoms with Crippen LogP contribution in [0.1, 0.15) is 10.5 Å². The van der Waals surface area contributed by atoms with Gasteiger partial charge in [0.25, 0.3) is 5.91 Å². The van der Waals surface area contributed by atoms with Crippen molar-refractivity contribution in [3.05, 3.63) is 97.0 Å². The van der Waals surface area contributed by atoms with Crippen LogP contribution in [-0.2, 0) is 0 Å². The van der Waals surface area contributed by atoms with Gasteiger partial charge in [0, 0.05) is 52.2 Å². The monoisotopic (exact) mass is 490 g/mol. The van der Waals surface area contributed by atoms with Crippen molar-refractivity contribution in [1.29, 1.82) is 0 Å². The van der Waals surface area contributed by atoms with Gasteiger partial charge in [0.05, 0.1) is 17.4 Å². The first-order valence-corrected chi connectivity index (χ1v) is 11.4. The van der Waals surface area contributed by atoms with E-state index in [9.17, 15) is 4.79 Å². The smallest absolute Gasteiger partial charge is 0.272 e. The Balaban J connectivity index is 1.35.